The first-order valence-corrected chi connectivity index (χ1v) is 8.65. The van der Waals surface area contributed by atoms with Crippen LogP contribution in [0.3, 0.4) is 0 Å². The maximum absolute atomic E-state index is 13.5. The third-order valence-electron chi connectivity index (χ3n) is 4.24. The summed E-state index contributed by atoms with van der Waals surface area (Å²) in [6.45, 7) is 3.13. The molecule has 112 valence electrons. The van der Waals surface area contributed by atoms with E-state index in [4.69, 9.17) is 0 Å². The van der Waals surface area contributed by atoms with Crippen molar-refractivity contribution in [2.24, 2.45) is 5.92 Å². The molecule has 1 unspecified atom stereocenters. The van der Waals surface area contributed by atoms with Gasteiger partial charge in [0.25, 0.3) is 0 Å². The van der Waals surface area contributed by atoms with Crippen LogP contribution in [0.4, 0.5) is 4.39 Å². The van der Waals surface area contributed by atoms with Crippen molar-refractivity contribution in [1.82, 2.24) is 5.32 Å². The number of hydrogen-bond acceptors (Lipinski definition) is 1. The van der Waals surface area contributed by atoms with Gasteiger partial charge in [0.15, 0.2) is 0 Å². The smallest absolute Gasteiger partial charge is 0.124 e. The van der Waals surface area contributed by atoms with Gasteiger partial charge in [-0.3, -0.25) is 0 Å². The molecule has 1 aliphatic rings. The van der Waals surface area contributed by atoms with Gasteiger partial charge in [0.2, 0.25) is 0 Å². The predicted molar refractivity (Wildman–Crippen MR) is 86.5 cm³/mol. The van der Waals surface area contributed by atoms with Crippen molar-refractivity contribution < 1.29 is 4.39 Å². The zero-order valence-corrected chi connectivity index (χ0v) is 13.9. The van der Waals surface area contributed by atoms with Gasteiger partial charge in [-0.25, -0.2) is 4.39 Å². The second-order valence-corrected chi connectivity index (χ2v) is 6.89. The molecule has 0 heterocycles. The lowest BCUT2D eigenvalue weighted by Gasteiger charge is -2.27. The minimum atomic E-state index is -0.151. The number of hydrogen-bond donors (Lipinski definition) is 1. The Bertz CT molecular complexity index is 395. The fourth-order valence-electron chi connectivity index (χ4n) is 3.37. The van der Waals surface area contributed by atoms with E-state index in [0.717, 1.165) is 28.9 Å². The molecular formula is C17H25BrFN. The molecule has 1 N–H and O–H groups in total. The van der Waals surface area contributed by atoms with E-state index in [1.165, 1.54) is 44.6 Å². The van der Waals surface area contributed by atoms with Gasteiger partial charge in [0.05, 0.1) is 0 Å². The second kappa shape index (κ2) is 8.14. The Morgan fingerprint density at radius 1 is 1.25 bits per heavy atom. The predicted octanol–water partition coefficient (Wildman–Crippen LogP) is 5.08. The molecule has 1 aromatic rings. The SMILES string of the molecule is CCNC(Cc1cc(F)cc(Br)c1)CC1CCCCC1. The maximum atomic E-state index is 13.5. The Kier molecular flexibility index (Phi) is 6.50. The van der Waals surface area contributed by atoms with Crippen LogP contribution < -0.4 is 5.32 Å². The van der Waals surface area contributed by atoms with Gasteiger partial charge in [-0.1, -0.05) is 55.0 Å². The highest BCUT2D eigenvalue weighted by Gasteiger charge is 2.19. The average Bonchev–Trinajstić information content (AvgIpc) is 2.39. The summed E-state index contributed by atoms with van der Waals surface area (Å²) in [7, 11) is 0. The molecule has 1 aromatic carbocycles. The summed E-state index contributed by atoms with van der Waals surface area (Å²) in [4.78, 5) is 0. The largest absolute Gasteiger partial charge is 0.314 e. The lowest BCUT2D eigenvalue weighted by Crippen LogP contribution is -2.33. The van der Waals surface area contributed by atoms with Crippen molar-refractivity contribution in [3.05, 3.63) is 34.1 Å². The van der Waals surface area contributed by atoms with E-state index in [-0.39, 0.29) is 5.82 Å². The van der Waals surface area contributed by atoms with Crippen molar-refractivity contribution in [2.75, 3.05) is 6.54 Å². The monoisotopic (exact) mass is 341 g/mol. The third-order valence-corrected chi connectivity index (χ3v) is 4.70. The summed E-state index contributed by atoms with van der Waals surface area (Å²) in [5.74, 6) is 0.701. The standard InChI is InChI=1S/C17H25BrFN/c1-2-20-17(10-13-6-4-3-5-7-13)11-14-8-15(18)12-16(19)9-14/h8-9,12-13,17,20H,2-7,10-11H2,1H3. The molecule has 1 saturated carbocycles. The van der Waals surface area contributed by atoms with Crippen molar-refractivity contribution in [3.8, 4) is 0 Å². The molecule has 1 nitrogen and oxygen atoms in total. The van der Waals surface area contributed by atoms with E-state index in [1.54, 1.807) is 6.07 Å². The molecule has 0 amide bonds. The van der Waals surface area contributed by atoms with Crippen LogP contribution >= 0.6 is 15.9 Å². The average molecular weight is 342 g/mol. The molecule has 0 radical (unpaired) electrons. The molecule has 20 heavy (non-hydrogen) atoms. The molecule has 3 heteroatoms. The Balaban J connectivity index is 1.96. The van der Waals surface area contributed by atoms with Crippen LogP contribution in [-0.4, -0.2) is 12.6 Å². The molecule has 0 aromatic heterocycles. The third kappa shape index (κ3) is 5.17. The summed E-state index contributed by atoms with van der Waals surface area (Å²) >= 11 is 3.38. The molecule has 1 atom stereocenters. The Hall–Kier alpha value is -0.410. The fraction of sp³-hybridized carbons (Fsp3) is 0.647. The van der Waals surface area contributed by atoms with Crippen LogP contribution in [0, 0.1) is 11.7 Å². The lowest BCUT2D eigenvalue weighted by atomic mass is 9.83. The first-order valence-electron chi connectivity index (χ1n) is 7.85. The van der Waals surface area contributed by atoms with Crippen LogP contribution in [0.25, 0.3) is 0 Å². The van der Waals surface area contributed by atoms with Crippen molar-refractivity contribution in [2.45, 2.75) is 57.9 Å². The highest BCUT2D eigenvalue weighted by Crippen LogP contribution is 2.28. The minimum absolute atomic E-state index is 0.151. The normalized spacial score (nSPS) is 18.1. The van der Waals surface area contributed by atoms with Gasteiger partial charge in [-0.2, -0.15) is 0 Å². The minimum Gasteiger partial charge on any atom is -0.314 e. The molecular weight excluding hydrogens is 317 g/mol. The number of benzene rings is 1. The van der Waals surface area contributed by atoms with E-state index < -0.39 is 0 Å². The van der Waals surface area contributed by atoms with E-state index in [0.29, 0.717) is 6.04 Å². The van der Waals surface area contributed by atoms with Gasteiger partial charge >= 0.3 is 0 Å². The van der Waals surface area contributed by atoms with Gasteiger partial charge in [-0.05, 0) is 49.1 Å². The first-order chi connectivity index (χ1) is 9.67. The molecule has 0 aliphatic heterocycles. The fourth-order valence-corrected chi connectivity index (χ4v) is 3.88. The molecule has 1 aliphatic carbocycles. The first kappa shape index (κ1) is 16.0. The summed E-state index contributed by atoms with van der Waals surface area (Å²) < 4.78 is 14.3. The van der Waals surface area contributed by atoms with E-state index in [2.05, 4.69) is 28.2 Å². The van der Waals surface area contributed by atoms with Crippen molar-refractivity contribution >= 4 is 15.9 Å². The zero-order valence-electron chi connectivity index (χ0n) is 12.3. The van der Waals surface area contributed by atoms with Gasteiger partial charge in [0.1, 0.15) is 5.82 Å². The highest BCUT2D eigenvalue weighted by atomic mass is 79.9. The van der Waals surface area contributed by atoms with Crippen LogP contribution in [-0.2, 0) is 6.42 Å². The summed E-state index contributed by atoms with van der Waals surface area (Å²) in [5.41, 5.74) is 1.08. The van der Waals surface area contributed by atoms with Crippen LogP contribution in [0.5, 0.6) is 0 Å². The number of likely N-dealkylation sites (N-methyl/N-ethyl adjacent to an activating group) is 1. The van der Waals surface area contributed by atoms with Gasteiger partial charge < -0.3 is 5.32 Å². The van der Waals surface area contributed by atoms with Crippen molar-refractivity contribution in [1.29, 1.82) is 0 Å². The molecule has 0 spiro atoms. The summed E-state index contributed by atoms with van der Waals surface area (Å²) in [6, 6.07) is 5.69. The van der Waals surface area contributed by atoms with Crippen molar-refractivity contribution in [3.63, 3.8) is 0 Å². The Labute approximate surface area is 130 Å². The van der Waals surface area contributed by atoms with E-state index in [9.17, 15) is 4.39 Å². The lowest BCUT2D eigenvalue weighted by molar-refractivity contribution is 0.298. The van der Waals surface area contributed by atoms with E-state index >= 15 is 0 Å². The molecule has 2 rings (SSSR count). The van der Waals surface area contributed by atoms with Crippen LogP contribution in [0.2, 0.25) is 0 Å². The number of nitrogens with one attached hydrogen (secondary N) is 1. The highest BCUT2D eigenvalue weighted by molar-refractivity contribution is 9.10. The number of rotatable bonds is 6. The Morgan fingerprint density at radius 3 is 2.65 bits per heavy atom. The molecule has 0 saturated heterocycles. The molecule has 1 fully saturated rings. The van der Waals surface area contributed by atoms with Gasteiger partial charge in [0, 0.05) is 10.5 Å². The maximum Gasteiger partial charge on any atom is 0.124 e. The summed E-state index contributed by atoms with van der Waals surface area (Å²) in [6.07, 6.45) is 9.05. The van der Waals surface area contributed by atoms with Crippen LogP contribution in [0.15, 0.2) is 22.7 Å². The topological polar surface area (TPSA) is 12.0 Å². The Morgan fingerprint density at radius 2 is 2.00 bits per heavy atom. The van der Waals surface area contributed by atoms with E-state index in [1.807, 2.05) is 6.07 Å². The van der Waals surface area contributed by atoms with Gasteiger partial charge in [-0.15, -0.1) is 0 Å². The zero-order chi connectivity index (χ0) is 14.4. The number of halogens is 2. The second-order valence-electron chi connectivity index (χ2n) is 5.98. The summed E-state index contributed by atoms with van der Waals surface area (Å²) in [5, 5.41) is 3.58. The quantitative estimate of drug-likeness (QED) is 0.760. The molecule has 0 bridgehead atoms. The van der Waals surface area contributed by atoms with Crippen LogP contribution in [0.1, 0.15) is 51.0 Å².